The predicted molar refractivity (Wildman–Crippen MR) is 62.1 cm³/mol. The van der Waals surface area contributed by atoms with Gasteiger partial charge < -0.3 is 15.2 Å². The molecule has 1 unspecified atom stereocenters. The zero-order chi connectivity index (χ0) is 12.0. The molecule has 0 heterocycles. The molecule has 4 nitrogen and oxygen atoms in total. The second kappa shape index (κ2) is 6.21. The van der Waals surface area contributed by atoms with E-state index in [1.807, 2.05) is 13.8 Å². The second-order valence-corrected chi connectivity index (χ2v) is 4.63. The topological polar surface area (TPSA) is 58.6 Å². The third kappa shape index (κ3) is 3.76. The molecular weight excluding hydrogens is 206 g/mol. The van der Waals surface area contributed by atoms with Crippen LogP contribution < -0.4 is 5.32 Å². The lowest BCUT2D eigenvalue weighted by Crippen LogP contribution is -2.41. The Morgan fingerprint density at radius 3 is 2.62 bits per heavy atom. The summed E-state index contributed by atoms with van der Waals surface area (Å²) >= 11 is 0. The van der Waals surface area contributed by atoms with E-state index >= 15 is 0 Å². The van der Waals surface area contributed by atoms with Gasteiger partial charge in [-0.05, 0) is 26.2 Å². The number of hydrogen-bond donors (Lipinski definition) is 2. The molecule has 0 aromatic rings. The molecule has 1 aliphatic carbocycles. The van der Waals surface area contributed by atoms with E-state index < -0.39 is 0 Å². The fourth-order valence-corrected chi connectivity index (χ4v) is 1.74. The molecule has 0 radical (unpaired) electrons. The minimum atomic E-state index is -0.214. The number of carbonyl (C=O) groups is 1. The van der Waals surface area contributed by atoms with Crippen LogP contribution in [-0.4, -0.2) is 36.9 Å². The molecule has 4 heteroatoms. The van der Waals surface area contributed by atoms with E-state index in [9.17, 15) is 9.90 Å². The van der Waals surface area contributed by atoms with Crippen molar-refractivity contribution in [2.75, 3.05) is 19.8 Å². The molecule has 1 saturated carbocycles. The van der Waals surface area contributed by atoms with Gasteiger partial charge in [0.05, 0.1) is 6.61 Å². The van der Waals surface area contributed by atoms with Crippen LogP contribution in [-0.2, 0) is 9.53 Å². The first-order valence-electron chi connectivity index (χ1n) is 6.18. The van der Waals surface area contributed by atoms with Crippen molar-refractivity contribution in [3.8, 4) is 0 Å². The van der Waals surface area contributed by atoms with E-state index in [1.165, 1.54) is 0 Å². The smallest absolute Gasteiger partial charge is 0.323 e. The number of carbonyl (C=O) groups excluding carboxylic acids is 1. The molecule has 0 bridgehead atoms. The summed E-state index contributed by atoms with van der Waals surface area (Å²) in [7, 11) is 0. The minimum absolute atomic E-state index is 0.0402. The molecule has 0 spiro atoms. The largest absolute Gasteiger partial charge is 0.465 e. The summed E-state index contributed by atoms with van der Waals surface area (Å²) in [5.74, 6) is -0.168. The first-order valence-corrected chi connectivity index (χ1v) is 6.18. The van der Waals surface area contributed by atoms with Crippen LogP contribution in [0.15, 0.2) is 0 Å². The SMILES string of the molecule is CCCC(NCC1(CO)CC1)C(=O)OCC. The molecule has 1 atom stereocenters. The maximum Gasteiger partial charge on any atom is 0.323 e. The van der Waals surface area contributed by atoms with E-state index in [2.05, 4.69) is 5.32 Å². The predicted octanol–water partition coefficient (Wildman–Crippen LogP) is 1.08. The van der Waals surface area contributed by atoms with Gasteiger partial charge in [-0.15, -0.1) is 0 Å². The van der Waals surface area contributed by atoms with Crippen molar-refractivity contribution in [3.05, 3.63) is 0 Å². The molecular formula is C12H23NO3. The Hall–Kier alpha value is -0.610. The zero-order valence-corrected chi connectivity index (χ0v) is 10.3. The number of aliphatic hydroxyl groups is 1. The van der Waals surface area contributed by atoms with Gasteiger partial charge in [0.15, 0.2) is 0 Å². The molecule has 0 aliphatic heterocycles. The Balaban J connectivity index is 2.35. The quantitative estimate of drug-likeness (QED) is 0.611. The highest BCUT2D eigenvalue weighted by Crippen LogP contribution is 2.44. The van der Waals surface area contributed by atoms with Crippen molar-refractivity contribution in [1.82, 2.24) is 5.32 Å². The number of nitrogens with one attached hydrogen (secondary N) is 1. The lowest BCUT2D eigenvalue weighted by atomic mass is 10.1. The van der Waals surface area contributed by atoms with Gasteiger partial charge in [0.2, 0.25) is 0 Å². The van der Waals surface area contributed by atoms with E-state index in [-0.39, 0.29) is 24.0 Å². The van der Waals surface area contributed by atoms with E-state index in [1.54, 1.807) is 0 Å². The minimum Gasteiger partial charge on any atom is -0.465 e. The van der Waals surface area contributed by atoms with Gasteiger partial charge in [-0.1, -0.05) is 13.3 Å². The maximum atomic E-state index is 11.6. The van der Waals surface area contributed by atoms with Crippen LogP contribution >= 0.6 is 0 Å². The van der Waals surface area contributed by atoms with Crippen molar-refractivity contribution >= 4 is 5.97 Å². The Kier molecular flexibility index (Phi) is 5.22. The molecule has 2 N–H and O–H groups in total. The molecule has 1 aliphatic rings. The number of hydrogen-bond acceptors (Lipinski definition) is 4. The summed E-state index contributed by atoms with van der Waals surface area (Å²) in [6, 6.07) is -0.214. The summed E-state index contributed by atoms with van der Waals surface area (Å²) in [5.41, 5.74) is 0.0402. The summed E-state index contributed by atoms with van der Waals surface area (Å²) in [6.07, 6.45) is 3.85. The molecule has 0 aromatic heterocycles. The summed E-state index contributed by atoms with van der Waals surface area (Å²) in [4.78, 5) is 11.6. The van der Waals surface area contributed by atoms with Crippen LogP contribution in [0.4, 0.5) is 0 Å². The highest BCUT2D eigenvalue weighted by atomic mass is 16.5. The molecule has 1 rings (SSSR count). The Morgan fingerprint density at radius 1 is 1.50 bits per heavy atom. The molecule has 0 amide bonds. The average Bonchev–Trinajstić information content (AvgIpc) is 3.05. The van der Waals surface area contributed by atoms with Crippen LogP contribution in [0, 0.1) is 5.41 Å². The fourth-order valence-electron chi connectivity index (χ4n) is 1.74. The molecule has 1 fully saturated rings. The third-order valence-electron chi connectivity index (χ3n) is 3.16. The van der Waals surface area contributed by atoms with Crippen molar-refractivity contribution in [2.24, 2.45) is 5.41 Å². The maximum absolute atomic E-state index is 11.6. The van der Waals surface area contributed by atoms with Crippen LogP contribution in [0.5, 0.6) is 0 Å². The Morgan fingerprint density at radius 2 is 2.19 bits per heavy atom. The molecule has 94 valence electrons. The summed E-state index contributed by atoms with van der Waals surface area (Å²) in [5, 5.41) is 12.4. The van der Waals surface area contributed by atoms with Gasteiger partial charge in [-0.3, -0.25) is 4.79 Å². The van der Waals surface area contributed by atoms with Gasteiger partial charge in [-0.2, -0.15) is 0 Å². The molecule has 0 saturated heterocycles. The average molecular weight is 229 g/mol. The number of rotatable bonds is 8. The lowest BCUT2D eigenvalue weighted by Gasteiger charge is -2.20. The first kappa shape index (κ1) is 13.5. The second-order valence-electron chi connectivity index (χ2n) is 4.63. The molecule has 16 heavy (non-hydrogen) atoms. The number of esters is 1. The lowest BCUT2D eigenvalue weighted by molar-refractivity contribution is -0.146. The van der Waals surface area contributed by atoms with Crippen LogP contribution in [0.2, 0.25) is 0 Å². The highest BCUT2D eigenvalue weighted by molar-refractivity contribution is 5.75. The van der Waals surface area contributed by atoms with E-state index in [0.29, 0.717) is 13.2 Å². The van der Waals surface area contributed by atoms with Gasteiger partial charge >= 0.3 is 5.97 Å². The van der Waals surface area contributed by atoms with Gasteiger partial charge in [0.25, 0.3) is 0 Å². The Labute approximate surface area is 97.4 Å². The zero-order valence-electron chi connectivity index (χ0n) is 10.3. The summed E-state index contributed by atoms with van der Waals surface area (Å²) in [6.45, 7) is 5.21. The fraction of sp³-hybridized carbons (Fsp3) is 0.917. The molecule has 0 aromatic carbocycles. The van der Waals surface area contributed by atoms with Crippen molar-refractivity contribution in [2.45, 2.75) is 45.6 Å². The van der Waals surface area contributed by atoms with Crippen molar-refractivity contribution < 1.29 is 14.6 Å². The Bertz CT molecular complexity index is 226. The van der Waals surface area contributed by atoms with Crippen LogP contribution in [0.25, 0.3) is 0 Å². The summed E-state index contributed by atoms with van der Waals surface area (Å²) < 4.78 is 5.01. The monoisotopic (exact) mass is 229 g/mol. The van der Waals surface area contributed by atoms with Crippen molar-refractivity contribution in [1.29, 1.82) is 0 Å². The number of ether oxygens (including phenoxy) is 1. The normalized spacial score (nSPS) is 19.2. The third-order valence-corrected chi connectivity index (χ3v) is 3.16. The first-order chi connectivity index (χ1) is 7.67. The number of aliphatic hydroxyl groups excluding tert-OH is 1. The van der Waals surface area contributed by atoms with Gasteiger partial charge in [0, 0.05) is 18.6 Å². The van der Waals surface area contributed by atoms with Gasteiger partial charge in [-0.25, -0.2) is 0 Å². The standard InChI is InChI=1S/C12H23NO3/c1-3-5-10(11(15)16-4-2)13-8-12(9-14)6-7-12/h10,13-14H,3-9H2,1-2H3. The van der Waals surface area contributed by atoms with Crippen LogP contribution in [0.3, 0.4) is 0 Å². The van der Waals surface area contributed by atoms with Crippen molar-refractivity contribution in [3.63, 3.8) is 0 Å². The van der Waals surface area contributed by atoms with Crippen LogP contribution in [0.1, 0.15) is 39.5 Å². The highest BCUT2D eigenvalue weighted by Gasteiger charge is 2.42. The van der Waals surface area contributed by atoms with E-state index in [0.717, 1.165) is 25.7 Å². The van der Waals surface area contributed by atoms with E-state index in [4.69, 9.17) is 4.74 Å². The van der Waals surface area contributed by atoms with Gasteiger partial charge in [0.1, 0.15) is 6.04 Å².